The molecule has 0 aliphatic carbocycles. The van der Waals surface area contributed by atoms with Crippen LogP contribution in [0.3, 0.4) is 0 Å². The predicted octanol–water partition coefficient (Wildman–Crippen LogP) is 3.01. The lowest BCUT2D eigenvalue weighted by Crippen LogP contribution is -2.44. The van der Waals surface area contributed by atoms with E-state index in [4.69, 9.17) is 14.2 Å². The molecule has 0 unspecified atom stereocenters. The summed E-state index contributed by atoms with van der Waals surface area (Å²) in [5, 5.41) is 0. The van der Waals surface area contributed by atoms with Gasteiger partial charge in [0.05, 0.1) is 20.3 Å². The predicted molar refractivity (Wildman–Crippen MR) is 88.8 cm³/mol. The van der Waals surface area contributed by atoms with Gasteiger partial charge in [0.2, 0.25) is 0 Å². The minimum absolute atomic E-state index is 0.106. The lowest BCUT2D eigenvalue weighted by Gasteiger charge is -2.34. The Morgan fingerprint density at radius 3 is 2.74 bits per heavy atom. The molecular weight excluding hydrogens is 294 g/mol. The first kappa shape index (κ1) is 17.6. The van der Waals surface area contributed by atoms with Crippen molar-refractivity contribution in [2.24, 2.45) is 0 Å². The second-order valence-corrected chi connectivity index (χ2v) is 5.65. The highest BCUT2D eigenvalue weighted by molar-refractivity contribution is 5.75. The third kappa shape index (κ3) is 4.61. The maximum absolute atomic E-state index is 12.2. The number of hydrogen-bond donors (Lipinski definition) is 0. The van der Waals surface area contributed by atoms with Crippen molar-refractivity contribution in [3.05, 3.63) is 23.8 Å². The minimum atomic E-state index is -0.138. The van der Waals surface area contributed by atoms with E-state index in [0.29, 0.717) is 19.8 Å². The highest BCUT2D eigenvalue weighted by Gasteiger charge is 2.29. The van der Waals surface area contributed by atoms with E-state index in [9.17, 15) is 4.79 Å². The molecule has 1 aliphatic rings. The van der Waals surface area contributed by atoms with Crippen LogP contribution in [0.1, 0.15) is 38.7 Å². The van der Waals surface area contributed by atoms with E-state index in [-0.39, 0.29) is 12.0 Å². The minimum Gasteiger partial charge on any atom is -0.493 e. The van der Waals surface area contributed by atoms with Crippen molar-refractivity contribution in [3.8, 4) is 11.5 Å². The number of rotatable bonds is 7. The van der Waals surface area contributed by atoms with Crippen molar-refractivity contribution in [2.45, 2.75) is 45.7 Å². The van der Waals surface area contributed by atoms with Gasteiger partial charge in [-0.3, -0.25) is 9.69 Å². The van der Waals surface area contributed by atoms with Gasteiger partial charge in [-0.05, 0) is 50.9 Å². The number of methoxy groups -OCH3 is 1. The van der Waals surface area contributed by atoms with E-state index in [2.05, 4.69) is 4.90 Å². The second-order valence-electron chi connectivity index (χ2n) is 5.65. The van der Waals surface area contributed by atoms with Crippen molar-refractivity contribution in [2.75, 3.05) is 26.9 Å². The highest BCUT2D eigenvalue weighted by Crippen LogP contribution is 2.29. The van der Waals surface area contributed by atoms with Gasteiger partial charge in [0.25, 0.3) is 0 Å². The summed E-state index contributed by atoms with van der Waals surface area (Å²) in [4.78, 5) is 14.4. The fourth-order valence-electron chi connectivity index (χ4n) is 3.01. The topological polar surface area (TPSA) is 48.0 Å². The highest BCUT2D eigenvalue weighted by atomic mass is 16.5. The van der Waals surface area contributed by atoms with E-state index in [0.717, 1.165) is 42.9 Å². The Kier molecular flexibility index (Phi) is 6.71. The summed E-state index contributed by atoms with van der Waals surface area (Å²) in [6.07, 6.45) is 3.06. The van der Waals surface area contributed by atoms with Crippen LogP contribution in [-0.4, -0.2) is 43.8 Å². The molecule has 0 amide bonds. The third-order valence-corrected chi connectivity index (χ3v) is 4.09. The first-order valence-electron chi connectivity index (χ1n) is 8.40. The Balaban J connectivity index is 2.12. The van der Waals surface area contributed by atoms with Gasteiger partial charge in [0.15, 0.2) is 11.5 Å². The maximum Gasteiger partial charge on any atom is 0.323 e. The van der Waals surface area contributed by atoms with Crippen LogP contribution in [-0.2, 0) is 16.1 Å². The molecule has 0 aromatic heterocycles. The largest absolute Gasteiger partial charge is 0.493 e. The average molecular weight is 321 g/mol. The molecule has 0 N–H and O–H groups in total. The van der Waals surface area contributed by atoms with Crippen molar-refractivity contribution in [1.82, 2.24) is 4.90 Å². The average Bonchev–Trinajstić information content (AvgIpc) is 2.56. The molecule has 0 spiro atoms. The summed E-state index contributed by atoms with van der Waals surface area (Å²) in [7, 11) is 1.64. The van der Waals surface area contributed by atoms with Crippen LogP contribution in [0.2, 0.25) is 0 Å². The Labute approximate surface area is 138 Å². The van der Waals surface area contributed by atoms with E-state index >= 15 is 0 Å². The standard InChI is InChI=1S/C18H27NO4/c1-4-22-17-12-14(9-10-16(17)21-3)13-19-11-7-6-8-15(19)18(20)23-5-2/h9-10,12,15H,4-8,11,13H2,1-3H3/t15-/m0/s1. The van der Waals surface area contributed by atoms with Gasteiger partial charge in [-0.2, -0.15) is 0 Å². The molecule has 0 radical (unpaired) electrons. The van der Waals surface area contributed by atoms with E-state index in [1.54, 1.807) is 7.11 Å². The smallest absolute Gasteiger partial charge is 0.323 e. The van der Waals surface area contributed by atoms with Crippen LogP contribution in [0.25, 0.3) is 0 Å². The molecule has 5 heteroatoms. The SMILES string of the molecule is CCOC(=O)[C@@H]1CCCCN1Cc1ccc(OC)c(OCC)c1. The Morgan fingerprint density at radius 1 is 1.22 bits per heavy atom. The molecule has 1 heterocycles. The first-order chi connectivity index (χ1) is 11.2. The number of likely N-dealkylation sites (tertiary alicyclic amines) is 1. The Bertz CT molecular complexity index is 518. The summed E-state index contributed by atoms with van der Waals surface area (Å²) in [6.45, 7) is 6.46. The summed E-state index contributed by atoms with van der Waals surface area (Å²) < 4.78 is 16.2. The third-order valence-electron chi connectivity index (χ3n) is 4.09. The fraction of sp³-hybridized carbons (Fsp3) is 0.611. The zero-order chi connectivity index (χ0) is 16.7. The zero-order valence-electron chi connectivity index (χ0n) is 14.3. The van der Waals surface area contributed by atoms with E-state index in [1.807, 2.05) is 32.0 Å². The number of ether oxygens (including phenoxy) is 3. The number of carbonyl (C=O) groups excluding carboxylic acids is 1. The van der Waals surface area contributed by atoms with E-state index < -0.39 is 0 Å². The van der Waals surface area contributed by atoms with Crippen LogP contribution in [0.15, 0.2) is 18.2 Å². The van der Waals surface area contributed by atoms with Gasteiger partial charge in [0, 0.05) is 6.54 Å². The molecule has 128 valence electrons. The molecule has 0 saturated carbocycles. The van der Waals surface area contributed by atoms with Crippen LogP contribution in [0.4, 0.5) is 0 Å². The summed E-state index contributed by atoms with van der Waals surface area (Å²) in [5.41, 5.74) is 1.12. The number of benzene rings is 1. The van der Waals surface area contributed by atoms with Crippen molar-refractivity contribution < 1.29 is 19.0 Å². The fourth-order valence-corrected chi connectivity index (χ4v) is 3.01. The molecule has 23 heavy (non-hydrogen) atoms. The zero-order valence-corrected chi connectivity index (χ0v) is 14.3. The van der Waals surface area contributed by atoms with Crippen LogP contribution >= 0.6 is 0 Å². The van der Waals surface area contributed by atoms with E-state index in [1.165, 1.54) is 0 Å². The molecule has 0 bridgehead atoms. The Morgan fingerprint density at radius 2 is 2.04 bits per heavy atom. The molecule has 1 saturated heterocycles. The number of hydrogen-bond acceptors (Lipinski definition) is 5. The summed E-state index contributed by atoms with van der Waals surface area (Å²) in [6, 6.07) is 5.81. The first-order valence-corrected chi connectivity index (χ1v) is 8.40. The second kappa shape index (κ2) is 8.77. The molecule has 2 rings (SSSR count). The van der Waals surface area contributed by atoms with Gasteiger partial charge < -0.3 is 14.2 Å². The molecule has 5 nitrogen and oxygen atoms in total. The van der Waals surface area contributed by atoms with Crippen molar-refractivity contribution in [1.29, 1.82) is 0 Å². The molecule has 1 aromatic carbocycles. The number of nitrogens with zero attached hydrogens (tertiary/aromatic N) is 1. The van der Waals surface area contributed by atoms with Crippen LogP contribution in [0.5, 0.6) is 11.5 Å². The molecule has 1 fully saturated rings. The number of esters is 1. The van der Waals surface area contributed by atoms with Crippen LogP contribution < -0.4 is 9.47 Å². The molecule has 1 aromatic rings. The number of piperidine rings is 1. The Hall–Kier alpha value is -1.75. The monoisotopic (exact) mass is 321 g/mol. The summed E-state index contributed by atoms with van der Waals surface area (Å²) in [5.74, 6) is 1.37. The molecule has 1 aliphatic heterocycles. The van der Waals surface area contributed by atoms with Crippen molar-refractivity contribution in [3.63, 3.8) is 0 Å². The summed E-state index contributed by atoms with van der Waals surface area (Å²) >= 11 is 0. The number of carbonyl (C=O) groups is 1. The molecular formula is C18H27NO4. The van der Waals surface area contributed by atoms with Crippen molar-refractivity contribution >= 4 is 5.97 Å². The lowest BCUT2D eigenvalue weighted by atomic mass is 10.0. The van der Waals surface area contributed by atoms with Gasteiger partial charge >= 0.3 is 5.97 Å². The van der Waals surface area contributed by atoms with Gasteiger partial charge in [-0.1, -0.05) is 12.5 Å². The van der Waals surface area contributed by atoms with Gasteiger partial charge in [-0.15, -0.1) is 0 Å². The van der Waals surface area contributed by atoms with Gasteiger partial charge in [0.1, 0.15) is 6.04 Å². The normalized spacial score (nSPS) is 18.5. The molecule has 1 atom stereocenters. The maximum atomic E-state index is 12.2. The van der Waals surface area contributed by atoms with Gasteiger partial charge in [-0.25, -0.2) is 0 Å². The quantitative estimate of drug-likeness (QED) is 0.723. The lowest BCUT2D eigenvalue weighted by molar-refractivity contribution is -0.151. The van der Waals surface area contributed by atoms with Crippen LogP contribution in [0, 0.1) is 0 Å².